The lowest BCUT2D eigenvalue weighted by Crippen LogP contribution is -2.47. The second-order valence-corrected chi connectivity index (χ2v) is 3.21. The van der Waals surface area contributed by atoms with Crippen LogP contribution in [0.25, 0.3) is 0 Å². The molecule has 0 bridgehead atoms. The van der Waals surface area contributed by atoms with Crippen LogP contribution in [0.4, 0.5) is 0 Å². The van der Waals surface area contributed by atoms with Crippen LogP contribution in [-0.4, -0.2) is 48.9 Å². The summed E-state index contributed by atoms with van der Waals surface area (Å²) in [6, 6.07) is -0.741. The first-order valence-corrected chi connectivity index (χ1v) is 5.06. The van der Waals surface area contributed by atoms with Gasteiger partial charge in [-0.05, 0) is 13.8 Å². The van der Waals surface area contributed by atoms with Gasteiger partial charge in [0.1, 0.15) is 0 Å². The number of nitrogens with one attached hydrogen (secondary N) is 1. The van der Waals surface area contributed by atoms with E-state index in [1.807, 2.05) is 13.8 Å². The summed E-state index contributed by atoms with van der Waals surface area (Å²) in [4.78, 5) is 23.7. The molecular formula is C9H20N4O2. The Hall–Kier alpha value is -1.14. The molecule has 0 aliphatic heterocycles. The van der Waals surface area contributed by atoms with Crippen molar-refractivity contribution >= 4 is 11.8 Å². The van der Waals surface area contributed by atoms with Gasteiger partial charge in [0, 0.05) is 19.6 Å². The second-order valence-electron chi connectivity index (χ2n) is 3.21. The molecule has 0 heterocycles. The molecule has 0 aliphatic carbocycles. The third-order valence-corrected chi connectivity index (χ3v) is 2.12. The van der Waals surface area contributed by atoms with E-state index in [1.54, 1.807) is 4.90 Å². The molecule has 2 amide bonds. The van der Waals surface area contributed by atoms with Crippen LogP contribution < -0.4 is 16.8 Å². The average Bonchev–Trinajstić information content (AvgIpc) is 2.19. The van der Waals surface area contributed by atoms with Crippen LogP contribution in [0.3, 0.4) is 0 Å². The molecule has 1 unspecified atom stereocenters. The smallest absolute Gasteiger partial charge is 0.236 e. The van der Waals surface area contributed by atoms with E-state index in [1.165, 1.54) is 0 Å². The molecule has 0 aromatic heterocycles. The molecule has 0 saturated carbocycles. The average molecular weight is 216 g/mol. The molecule has 6 nitrogen and oxygen atoms in total. The van der Waals surface area contributed by atoms with E-state index in [0.717, 1.165) is 0 Å². The summed E-state index contributed by atoms with van der Waals surface area (Å²) in [5.41, 5.74) is 10.3. The fourth-order valence-electron chi connectivity index (χ4n) is 1.12. The van der Waals surface area contributed by atoms with Gasteiger partial charge in [-0.1, -0.05) is 0 Å². The number of hydrogen-bond donors (Lipinski definition) is 3. The van der Waals surface area contributed by atoms with Crippen molar-refractivity contribution in [3.8, 4) is 0 Å². The first-order chi connectivity index (χ1) is 7.02. The van der Waals surface area contributed by atoms with Crippen molar-refractivity contribution < 1.29 is 9.59 Å². The summed E-state index contributed by atoms with van der Waals surface area (Å²) in [7, 11) is 0. The molecule has 15 heavy (non-hydrogen) atoms. The number of amides is 2. The SMILES string of the molecule is CCN(CC)C(=O)CNCC(N)C(N)=O. The monoisotopic (exact) mass is 216 g/mol. The molecule has 0 rings (SSSR count). The second kappa shape index (κ2) is 7.19. The van der Waals surface area contributed by atoms with E-state index in [2.05, 4.69) is 5.32 Å². The van der Waals surface area contributed by atoms with Gasteiger partial charge in [-0.25, -0.2) is 0 Å². The minimum atomic E-state index is -0.741. The van der Waals surface area contributed by atoms with E-state index >= 15 is 0 Å². The highest BCUT2D eigenvalue weighted by atomic mass is 16.2. The fraction of sp³-hybridized carbons (Fsp3) is 0.778. The molecule has 0 aliphatic rings. The van der Waals surface area contributed by atoms with Crippen LogP contribution >= 0.6 is 0 Å². The molecule has 0 saturated heterocycles. The first kappa shape index (κ1) is 13.9. The Kier molecular flexibility index (Phi) is 6.64. The number of likely N-dealkylation sites (N-methyl/N-ethyl adjacent to an activating group) is 1. The van der Waals surface area contributed by atoms with Crippen LogP contribution in [0.2, 0.25) is 0 Å². The summed E-state index contributed by atoms with van der Waals surface area (Å²) >= 11 is 0. The molecule has 6 heteroatoms. The molecule has 1 atom stereocenters. The van der Waals surface area contributed by atoms with Gasteiger partial charge in [0.2, 0.25) is 11.8 Å². The number of nitrogens with two attached hydrogens (primary N) is 2. The van der Waals surface area contributed by atoms with Gasteiger partial charge in [-0.15, -0.1) is 0 Å². The van der Waals surface area contributed by atoms with E-state index in [0.29, 0.717) is 13.1 Å². The van der Waals surface area contributed by atoms with Crippen LogP contribution in [0.15, 0.2) is 0 Å². The highest BCUT2D eigenvalue weighted by Crippen LogP contribution is 1.87. The predicted octanol–water partition coefficient (Wildman–Crippen LogP) is -1.74. The van der Waals surface area contributed by atoms with Crippen molar-refractivity contribution in [2.45, 2.75) is 19.9 Å². The zero-order chi connectivity index (χ0) is 11.8. The Labute approximate surface area is 90.0 Å². The lowest BCUT2D eigenvalue weighted by atomic mass is 10.3. The molecule has 0 aromatic carbocycles. The van der Waals surface area contributed by atoms with Gasteiger partial charge in [0.05, 0.1) is 12.6 Å². The van der Waals surface area contributed by atoms with Gasteiger partial charge in [0.25, 0.3) is 0 Å². The number of nitrogens with zero attached hydrogens (tertiary/aromatic N) is 1. The Balaban J connectivity index is 3.76. The van der Waals surface area contributed by atoms with Crippen molar-refractivity contribution in [1.82, 2.24) is 10.2 Å². The van der Waals surface area contributed by atoms with Gasteiger partial charge in [-0.3, -0.25) is 9.59 Å². The lowest BCUT2D eigenvalue weighted by Gasteiger charge is -2.19. The molecule has 0 aromatic rings. The predicted molar refractivity (Wildman–Crippen MR) is 58.0 cm³/mol. The number of rotatable bonds is 7. The van der Waals surface area contributed by atoms with E-state index in [4.69, 9.17) is 11.5 Å². The zero-order valence-electron chi connectivity index (χ0n) is 9.32. The Morgan fingerprint density at radius 2 is 1.87 bits per heavy atom. The van der Waals surface area contributed by atoms with Crippen molar-refractivity contribution in [3.63, 3.8) is 0 Å². The summed E-state index contributed by atoms with van der Waals surface area (Å²) in [5, 5.41) is 2.80. The number of primary amides is 1. The minimum absolute atomic E-state index is 0.00308. The molecule has 5 N–H and O–H groups in total. The standard InChI is InChI=1S/C9H20N4O2/c1-3-13(4-2)8(14)6-12-5-7(10)9(11)15/h7,12H,3-6,10H2,1-2H3,(H2,11,15). The molecule has 88 valence electrons. The maximum absolute atomic E-state index is 11.5. The molecule has 0 radical (unpaired) electrons. The Bertz CT molecular complexity index is 216. The Morgan fingerprint density at radius 1 is 1.33 bits per heavy atom. The van der Waals surface area contributed by atoms with Gasteiger partial charge in [0.15, 0.2) is 0 Å². The summed E-state index contributed by atoms with van der Waals surface area (Å²) in [5.74, 6) is -0.575. The maximum atomic E-state index is 11.5. The highest BCUT2D eigenvalue weighted by Gasteiger charge is 2.11. The van der Waals surface area contributed by atoms with Crippen molar-refractivity contribution in [2.24, 2.45) is 11.5 Å². The normalized spacial score (nSPS) is 12.2. The van der Waals surface area contributed by atoms with Crippen LogP contribution in [0.1, 0.15) is 13.8 Å². The third-order valence-electron chi connectivity index (χ3n) is 2.12. The summed E-state index contributed by atoms with van der Waals surface area (Å²) < 4.78 is 0. The lowest BCUT2D eigenvalue weighted by molar-refractivity contribution is -0.130. The summed E-state index contributed by atoms with van der Waals surface area (Å²) in [6.45, 7) is 5.59. The quantitative estimate of drug-likeness (QED) is 0.470. The number of carbonyl (C=O) groups excluding carboxylic acids is 2. The van der Waals surface area contributed by atoms with Gasteiger partial charge >= 0.3 is 0 Å². The van der Waals surface area contributed by atoms with Gasteiger partial charge in [-0.2, -0.15) is 0 Å². The topological polar surface area (TPSA) is 101 Å². The zero-order valence-corrected chi connectivity index (χ0v) is 9.32. The fourth-order valence-corrected chi connectivity index (χ4v) is 1.12. The van der Waals surface area contributed by atoms with E-state index in [-0.39, 0.29) is 19.0 Å². The van der Waals surface area contributed by atoms with Crippen molar-refractivity contribution in [3.05, 3.63) is 0 Å². The number of carbonyl (C=O) groups is 2. The largest absolute Gasteiger partial charge is 0.368 e. The molecule has 0 spiro atoms. The van der Waals surface area contributed by atoms with Crippen molar-refractivity contribution in [1.29, 1.82) is 0 Å². The summed E-state index contributed by atoms with van der Waals surface area (Å²) in [6.07, 6.45) is 0. The minimum Gasteiger partial charge on any atom is -0.368 e. The van der Waals surface area contributed by atoms with Crippen LogP contribution in [0.5, 0.6) is 0 Å². The highest BCUT2D eigenvalue weighted by molar-refractivity contribution is 5.80. The molecule has 0 fully saturated rings. The third kappa shape index (κ3) is 5.34. The number of hydrogen-bond acceptors (Lipinski definition) is 4. The van der Waals surface area contributed by atoms with E-state index in [9.17, 15) is 9.59 Å². The van der Waals surface area contributed by atoms with E-state index < -0.39 is 11.9 Å². The van der Waals surface area contributed by atoms with Crippen LogP contribution in [0, 0.1) is 0 Å². The van der Waals surface area contributed by atoms with Crippen molar-refractivity contribution in [2.75, 3.05) is 26.2 Å². The van der Waals surface area contributed by atoms with Gasteiger partial charge < -0.3 is 21.7 Å². The van der Waals surface area contributed by atoms with Crippen LogP contribution in [-0.2, 0) is 9.59 Å². The maximum Gasteiger partial charge on any atom is 0.236 e. The first-order valence-electron chi connectivity index (χ1n) is 5.06. The Morgan fingerprint density at radius 3 is 2.27 bits per heavy atom. The molecular weight excluding hydrogens is 196 g/mol.